The summed E-state index contributed by atoms with van der Waals surface area (Å²) in [5, 5.41) is 4.46. The van der Waals surface area contributed by atoms with E-state index in [4.69, 9.17) is 10.5 Å². The molecule has 0 bridgehead atoms. The highest BCUT2D eigenvalue weighted by Gasteiger charge is 2.39. The first-order chi connectivity index (χ1) is 8.81. The number of rotatable bonds is 2. The first-order valence-electron chi connectivity index (χ1n) is 6.76. The second kappa shape index (κ2) is 5.23. The Bertz CT molecular complexity index is 395. The first kappa shape index (κ1) is 12.5. The first-order valence-corrected chi connectivity index (χ1v) is 7.92. The fourth-order valence-electron chi connectivity index (χ4n) is 3.00. The molecule has 1 aromatic heterocycles. The highest BCUT2D eigenvalue weighted by Crippen LogP contribution is 2.41. The summed E-state index contributed by atoms with van der Waals surface area (Å²) in [6.07, 6.45) is 8.55. The molecule has 2 fully saturated rings. The highest BCUT2D eigenvalue weighted by atomic mass is 32.2. The molecule has 0 radical (unpaired) electrons. The van der Waals surface area contributed by atoms with E-state index in [1.165, 1.54) is 24.3 Å². The summed E-state index contributed by atoms with van der Waals surface area (Å²) in [5.41, 5.74) is 6.90. The fourth-order valence-corrected chi connectivity index (χ4v) is 4.24. The molecule has 0 aliphatic carbocycles. The quantitative estimate of drug-likeness (QED) is 0.890. The van der Waals surface area contributed by atoms with Gasteiger partial charge in [-0.3, -0.25) is 4.68 Å². The topological polar surface area (TPSA) is 53.1 Å². The number of hydrogen-bond donors (Lipinski definition) is 1. The predicted molar refractivity (Wildman–Crippen MR) is 73.6 cm³/mol. The molecule has 2 N–H and O–H groups in total. The Kier molecular flexibility index (Phi) is 3.63. The van der Waals surface area contributed by atoms with Gasteiger partial charge in [0.25, 0.3) is 0 Å². The third-order valence-electron chi connectivity index (χ3n) is 4.14. The summed E-state index contributed by atoms with van der Waals surface area (Å²) in [4.78, 5) is 0. The molecule has 3 rings (SSSR count). The van der Waals surface area contributed by atoms with Crippen molar-refractivity contribution in [3.63, 3.8) is 0 Å². The molecule has 1 unspecified atom stereocenters. The van der Waals surface area contributed by atoms with Gasteiger partial charge in [-0.15, -0.1) is 0 Å². The van der Waals surface area contributed by atoms with Gasteiger partial charge in [-0.1, -0.05) is 0 Å². The van der Waals surface area contributed by atoms with Crippen LogP contribution in [0.4, 0.5) is 0 Å². The zero-order valence-corrected chi connectivity index (χ0v) is 11.5. The molecule has 0 aromatic carbocycles. The second-order valence-corrected chi connectivity index (χ2v) is 6.55. The van der Waals surface area contributed by atoms with Gasteiger partial charge in [0.2, 0.25) is 0 Å². The predicted octanol–water partition coefficient (Wildman–Crippen LogP) is 1.96. The van der Waals surface area contributed by atoms with Crippen molar-refractivity contribution in [2.75, 3.05) is 18.1 Å². The summed E-state index contributed by atoms with van der Waals surface area (Å²) in [7, 11) is 0. The number of aromatic nitrogens is 2. The van der Waals surface area contributed by atoms with Crippen LogP contribution in [0.2, 0.25) is 0 Å². The lowest BCUT2D eigenvalue weighted by atomic mass is 9.85. The van der Waals surface area contributed by atoms with Crippen molar-refractivity contribution in [2.45, 2.75) is 43.9 Å². The van der Waals surface area contributed by atoms with Crippen molar-refractivity contribution in [3.8, 4) is 0 Å². The van der Waals surface area contributed by atoms with Gasteiger partial charge in [0.15, 0.2) is 0 Å². The molecule has 0 amide bonds. The molecule has 100 valence electrons. The smallest absolute Gasteiger partial charge is 0.0718 e. The van der Waals surface area contributed by atoms with E-state index in [9.17, 15) is 0 Å². The molecule has 5 heteroatoms. The van der Waals surface area contributed by atoms with Crippen LogP contribution < -0.4 is 5.73 Å². The minimum absolute atomic E-state index is 0.128. The maximum absolute atomic E-state index is 6.11. The maximum Gasteiger partial charge on any atom is 0.0718 e. The largest absolute Gasteiger partial charge is 0.375 e. The van der Waals surface area contributed by atoms with Crippen molar-refractivity contribution in [1.29, 1.82) is 0 Å². The van der Waals surface area contributed by atoms with Crippen LogP contribution in [0.5, 0.6) is 0 Å². The molecule has 18 heavy (non-hydrogen) atoms. The standard InChI is InChI=1S/C13H21N3OS/c14-8-11-9-15-16(10-11)12-1-4-17-13(7-12)2-5-18-6-3-13/h9-10,12H,1-8,14H2. The molecule has 1 atom stereocenters. The third kappa shape index (κ3) is 2.44. The molecular weight excluding hydrogens is 246 g/mol. The Labute approximate surface area is 112 Å². The molecule has 2 saturated heterocycles. The van der Waals surface area contributed by atoms with E-state index in [1.807, 2.05) is 18.0 Å². The SMILES string of the molecule is NCc1cnn(C2CCOC3(CCSCC3)C2)c1. The number of nitrogens with zero attached hydrogens (tertiary/aromatic N) is 2. The third-order valence-corrected chi connectivity index (χ3v) is 5.12. The van der Waals surface area contributed by atoms with E-state index in [0.29, 0.717) is 12.6 Å². The van der Waals surface area contributed by atoms with Gasteiger partial charge in [0.05, 0.1) is 17.8 Å². The summed E-state index contributed by atoms with van der Waals surface area (Å²) >= 11 is 2.05. The lowest BCUT2D eigenvalue weighted by Crippen LogP contribution is -2.43. The zero-order valence-electron chi connectivity index (χ0n) is 10.7. The van der Waals surface area contributed by atoms with Gasteiger partial charge >= 0.3 is 0 Å². The molecule has 4 nitrogen and oxygen atoms in total. The number of ether oxygens (including phenoxy) is 1. The van der Waals surface area contributed by atoms with Crippen molar-refractivity contribution in [3.05, 3.63) is 18.0 Å². The van der Waals surface area contributed by atoms with E-state index >= 15 is 0 Å². The lowest BCUT2D eigenvalue weighted by molar-refractivity contribution is -0.100. The van der Waals surface area contributed by atoms with Crippen LogP contribution in [0.1, 0.15) is 37.3 Å². The average molecular weight is 267 g/mol. The van der Waals surface area contributed by atoms with Crippen LogP contribution in [0.3, 0.4) is 0 Å². The van der Waals surface area contributed by atoms with Crippen LogP contribution in [0.15, 0.2) is 12.4 Å². The van der Waals surface area contributed by atoms with Crippen molar-refractivity contribution in [2.24, 2.45) is 5.73 Å². The fraction of sp³-hybridized carbons (Fsp3) is 0.769. The molecule has 0 saturated carbocycles. The van der Waals surface area contributed by atoms with E-state index < -0.39 is 0 Å². The van der Waals surface area contributed by atoms with Crippen molar-refractivity contribution in [1.82, 2.24) is 9.78 Å². The van der Waals surface area contributed by atoms with Gasteiger partial charge < -0.3 is 10.5 Å². The summed E-state index contributed by atoms with van der Waals surface area (Å²) in [6, 6.07) is 0.488. The zero-order chi connectivity index (χ0) is 12.4. The van der Waals surface area contributed by atoms with E-state index in [2.05, 4.69) is 16.0 Å². The number of thioether (sulfide) groups is 1. The van der Waals surface area contributed by atoms with E-state index in [0.717, 1.165) is 25.0 Å². The normalized spacial score (nSPS) is 27.5. The van der Waals surface area contributed by atoms with Crippen molar-refractivity contribution < 1.29 is 4.74 Å². The van der Waals surface area contributed by atoms with Crippen LogP contribution >= 0.6 is 11.8 Å². The number of hydrogen-bond acceptors (Lipinski definition) is 4. The van der Waals surface area contributed by atoms with Gasteiger partial charge in [-0.05, 0) is 37.2 Å². The Hall–Kier alpha value is -0.520. The van der Waals surface area contributed by atoms with Gasteiger partial charge in [-0.2, -0.15) is 16.9 Å². The molecule has 2 aliphatic rings. The average Bonchev–Trinajstić information content (AvgIpc) is 2.88. The Balaban J connectivity index is 1.73. The number of nitrogens with two attached hydrogens (primary N) is 1. The summed E-state index contributed by atoms with van der Waals surface area (Å²) in [5.74, 6) is 2.47. The van der Waals surface area contributed by atoms with Crippen LogP contribution in [0, 0.1) is 0 Å². The van der Waals surface area contributed by atoms with Gasteiger partial charge in [0, 0.05) is 24.9 Å². The lowest BCUT2D eigenvalue weighted by Gasteiger charge is -2.43. The van der Waals surface area contributed by atoms with Crippen molar-refractivity contribution >= 4 is 11.8 Å². The highest BCUT2D eigenvalue weighted by molar-refractivity contribution is 7.99. The van der Waals surface area contributed by atoms with E-state index in [-0.39, 0.29) is 5.60 Å². The molecule has 3 heterocycles. The second-order valence-electron chi connectivity index (χ2n) is 5.32. The van der Waals surface area contributed by atoms with Crippen LogP contribution in [-0.4, -0.2) is 33.5 Å². The summed E-state index contributed by atoms with van der Waals surface area (Å²) < 4.78 is 8.22. The minimum atomic E-state index is 0.128. The van der Waals surface area contributed by atoms with Gasteiger partial charge in [0.1, 0.15) is 0 Å². The molecule has 2 aliphatic heterocycles. The molecular formula is C13H21N3OS. The minimum Gasteiger partial charge on any atom is -0.375 e. The monoisotopic (exact) mass is 267 g/mol. The van der Waals surface area contributed by atoms with E-state index in [1.54, 1.807) is 0 Å². The molecule has 1 spiro atoms. The Morgan fingerprint density at radius 3 is 3.06 bits per heavy atom. The van der Waals surface area contributed by atoms with Crippen LogP contribution in [-0.2, 0) is 11.3 Å². The van der Waals surface area contributed by atoms with Gasteiger partial charge in [-0.25, -0.2) is 0 Å². The Morgan fingerprint density at radius 1 is 1.50 bits per heavy atom. The van der Waals surface area contributed by atoms with Crippen LogP contribution in [0.25, 0.3) is 0 Å². The maximum atomic E-state index is 6.11. The summed E-state index contributed by atoms with van der Waals surface area (Å²) in [6.45, 7) is 1.44. The molecule has 1 aromatic rings. The Morgan fingerprint density at radius 2 is 2.33 bits per heavy atom.